The summed E-state index contributed by atoms with van der Waals surface area (Å²) >= 11 is 0. The lowest BCUT2D eigenvalue weighted by atomic mass is 10.0. The molecular weight excluding hydrogens is 374 g/mol. The highest BCUT2D eigenvalue weighted by Crippen LogP contribution is 2.33. The summed E-state index contributed by atoms with van der Waals surface area (Å²) in [5, 5.41) is 3.89. The number of amides is 1. The van der Waals surface area contributed by atoms with Crippen LogP contribution in [0.25, 0.3) is 22.2 Å². The zero-order valence-corrected chi connectivity index (χ0v) is 16.9. The van der Waals surface area contributed by atoms with Crippen molar-refractivity contribution in [2.75, 3.05) is 0 Å². The van der Waals surface area contributed by atoms with Crippen LogP contribution in [0.2, 0.25) is 0 Å². The molecule has 2 N–H and O–H groups in total. The van der Waals surface area contributed by atoms with Gasteiger partial charge in [0.05, 0.1) is 11.3 Å². The largest absolute Gasteiger partial charge is 0.348 e. The lowest BCUT2D eigenvalue weighted by molar-refractivity contribution is 0.0953. The number of nitrogens with zero attached hydrogens (tertiary/aromatic N) is 1. The molecule has 5 nitrogen and oxygen atoms in total. The molecule has 2 aromatic heterocycles. The summed E-state index contributed by atoms with van der Waals surface area (Å²) in [4.78, 5) is 28.7. The maximum Gasteiger partial charge on any atom is 0.254 e. The molecule has 150 valence electrons. The Kier molecular flexibility index (Phi) is 4.51. The fraction of sp³-hybridized carbons (Fsp3) is 0.200. The molecule has 0 spiro atoms. The molecule has 0 saturated heterocycles. The lowest BCUT2D eigenvalue weighted by Gasteiger charge is -2.10. The molecule has 4 aromatic rings. The first kappa shape index (κ1) is 18.4. The molecule has 5 heteroatoms. The van der Waals surface area contributed by atoms with Crippen LogP contribution in [0, 0.1) is 0 Å². The third kappa shape index (κ3) is 3.03. The monoisotopic (exact) mass is 397 g/mol. The van der Waals surface area contributed by atoms with E-state index in [1.54, 1.807) is 0 Å². The number of aromatic nitrogens is 2. The molecule has 0 aliphatic heterocycles. The van der Waals surface area contributed by atoms with Gasteiger partial charge in [-0.2, -0.15) is 0 Å². The summed E-state index contributed by atoms with van der Waals surface area (Å²) in [7, 11) is 1.98. The van der Waals surface area contributed by atoms with Crippen LogP contribution in [-0.2, 0) is 26.4 Å². The van der Waals surface area contributed by atoms with E-state index >= 15 is 0 Å². The minimum absolute atomic E-state index is 0.114. The van der Waals surface area contributed by atoms with Crippen molar-refractivity contribution in [3.8, 4) is 11.3 Å². The Balaban J connectivity index is 1.53. The first-order chi connectivity index (χ1) is 14.6. The topological polar surface area (TPSA) is 66.9 Å². The fourth-order valence-electron chi connectivity index (χ4n) is 4.51. The number of hydrogen-bond donors (Lipinski definition) is 2. The third-order valence-electron chi connectivity index (χ3n) is 5.99. The normalized spacial score (nSPS) is 12.8. The van der Waals surface area contributed by atoms with Crippen molar-refractivity contribution < 1.29 is 4.79 Å². The molecule has 0 fully saturated rings. The van der Waals surface area contributed by atoms with Crippen LogP contribution in [0.5, 0.6) is 0 Å². The second-order valence-corrected chi connectivity index (χ2v) is 7.83. The van der Waals surface area contributed by atoms with Crippen LogP contribution in [0.15, 0.2) is 65.5 Å². The second kappa shape index (κ2) is 7.34. The first-order valence-electron chi connectivity index (χ1n) is 10.3. The Labute approximate surface area is 174 Å². The lowest BCUT2D eigenvalue weighted by Crippen LogP contribution is -2.27. The van der Waals surface area contributed by atoms with Crippen molar-refractivity contribution in [1.82, 2.24) is 14.9 Å². The molecule has 30 heavy (non-hydrogen) atoms. The summed E-state index contributed by atoms with van der Waals surface area (Å²) in [6.07, 6.45) is 2.97. The van der Waals surface area contributed by atoms with Crippen LogP contribution in [0.1, 0.15) is 33.6 Å². The number of H-pyrrole nitrogens is 1. The molecule has 0 radical (unpaired) electrons. The summed E-state index contributed by atoms with van der Waals surface area (Å²) in [5.41, 5.74) is 6.20. The van der Waals surface area contributed by atoms with Crippen molar-refractivity contribution in [3.63, 3.8) is 0 Å². The van der Waals surface area contributed by atoms with Gasteiger partial charge in [-0.1, -0.05) is 48.5 Å². The van der Waals surface area contributed by atoms with Gasteiger partial charge in [-0.3, -0.25) is 9.59 Å². The number of fused-ring (bicyclic) bond motifs is 2. The number of nitrogens with one attached hydrogen (secondary N) is 2. The summed E-state index contributed by atoms with van der Waals surface area (Å²) in [6, 6.07) is 19.8. The number of benzene rings is 2. The maximum absolute atomic E-state index is 13.3. The number of para-hydroxylation sites is 1. The molecule has 0 bridgehead atoms. The van der Waals surface area contributed by atoms with Crippen LogP contribution in [-0.4, -0.2) is 15.5 Å². The molecular formula is C25H23N3O2. The Bertz CT molecular complexity index is 1320. The number of hydrogen-bond acceptors (Lipinski definition) is 2. The molecule has 2 heterocycles. The van der Waals surface area contributed by atoms with E-state index in [1.165, 1.54) is 5.56 Å². The van der Waals surface area contributed by atoms with E-state index in [0.29, 0.717) is 11.1 Å². The van der Waals surface area contributed by atoms with E-state index in [0.717, 1.165) is 47.1 Å². The molecule has 0 saturated carbocycles. The summed E-state index contributed by atoms with van der Waals surface area (Å²) < 4.78 is 2.06. The molecule has 5 rings (SSSR count). The average molecular weight is 397 g/mol. The molecule has 1 aliphatic rings. The van der Waals surface area contributed by atoms with Gasteiger partial charge in [0.15, 0.2) is 0 Å². The fourth-order valence-corrected chi connectivity index (χ4v) is 4.51. The smallest absolute Gasteiger partial charge is 0.254 e. The zero-order valence-electron chi connectivity index (χ0n) is 16.9. The predicted molar refractivity (Wildman–Crippen MR) is 119 cm³/mol. The van der Waals surface area contributed by atoms with Gasteiger partial charge in [-0.15, -0.1) is 0 Å². The minimum atomic E-state index is -0.175. The van der Waals surface area contributed by atoms with E-state index in [2.05, 4.69) is 14.9 Å². The van der Waals surface area contributed by atoms with Crippen molar-refractivity contribution in [2.24, 2.45) is 7.05 Å². The SMILES string of the molecule is Cn1c(-c2ccccc2)c(C(=O)NCc2cc3c([nH]c2=O)CCC3)c2ccccc21. The van der Waals surface area contributed by atoms with Gasteiger partial charge in [0.25, 0.3) is 11.5 Å². The highest BCUT2D eigenvalue weighted by molar-refractivity contribution is 6.12. The van der Waals surface area contributed by atoms with Crippen LogP contribution < -0.4 is 10.9 Å². The molecule has 0 unspecified atom stereocenters. The van der Waals surface area contributed by atoms with E-state index < -0.39 is 0 Å². The van der Waals surface area contributed by atoms with Gasteiger partial charge in [0.2, 0.25) is 0 Å². The van der Waals surface area contributed by atoms with Crippen LogP contribution >= 0.6 is 0 Å². The predicted octanol–water partition coefficient (Wildman–Crippen LogP) is 3.95. The second-order valence-electron chi connectivity index (χ2n) is 7.83. The van der Waals surface area contributed by atoms with Gasteiger partial charge in [0, 0.05) is 35.8 Å². The van der Waals surface area contributed by atoms with E-state index in [-0.39, 0.29) is 18.0 Å². The summed E-state index contributed by atoms with van der Waals surface area (Å²) in [6.45, 7) is 0.207. The highest BCUT2D eigenvalue weighted by Gasteiger charge is 2.22. The highest BCUT2D eigenvalue weighted by atomic mass is 16.2. The summed E-state index contributed by atoms with van der Waals surface area (Å²) in [5.74, 6) is -0.175. The minimum Gasteiger partial charge on any atom is -0.348 e. The third-order valence-corrected chi connectivity index (χ3v) is 5.99. The number of carbonyl (C=O) groups is 1. The zero-order chi connectivity index (χ0) is 20.7. The van der Waals surface area contributed by atoms with Gasteiger partial charge in [-0.25, -0.2) is 0 Å². The van der Waals surface area contributed by atoms with E-state index in [4.69, 9.17) is 0 Å². The number of rotatable bonds is 4. The average Bonchev–Trinajstić information content (AvgIpc) is 3.34. The van der Waals surface area contributed by atoms with Gasteiger partial charge in [-0.05, 0) is 42.5 Å². The number of aromatic amines is 1. The Morgan fingerprint density at radius 2 is 1.83 bits per heavy atom. The van der Waals surface area contributed by atoms with E-state index in [9.17, 15) is 9.59 Å². The van der Waals surface area contributed by atoms with Crippen molar-refractivity contribution >= 4 is 16.8 Å². The number of pyridine rings is 1. The maximum atomic E-state index is 13.3. The quantitative estimate of drug-likeness (QED) is 0.548. The Morgan fingerprint density at radius 3 is 2.67 bits per heavy atom. The van der Waals surface area contributed by atoms with Gasteiger partial charge in [0.1, 0.15) is 0 Å². The number of carbonyl (C=O) groups excluding carboxylic acids is 1. The molecule has 2 aromatic carbocycles. The number of aryl methyl sites for hydroxylation is 3. The Hall–Kier alpha value is -3.60. The van der Waals surface area contributed by atoms with Crippen molar-refractivity contribution in [3.05, 3.63) is 93.4 Å². The van der Waals surface area contributed by atoms with Crippen LogP contribution in [0.3, 0.4) is 0 Å². The van der Waals surface area contributed by atoms with Crippen molar-refractivity contribution in [1.29, 1.82) is 0 Å². The first-order valence-corrected chi connectivity index (χ1v) is 10.3. The standard InChI is InChI=1S/C25H23N3O2/c1-28-21-13-6-5-11-19(21)22(23(28)16-8-3-2-4-9-16)25(30)26-15-18-14-17-10-7-12-20(17)27-24(18)29/h2-6,8-9,11,13-14H,7,10,12,15H2,1H3,(H,26,30)(H,27,29). The van der Waals surface area contributed by atoms with Crippen LogP contribution in [0.4, 0.5) is 0 Å². The molecule has 0 atom stereocenters. The Morgan fingerprint density at radius 1 is 1.07 bits per heavy atom. The van der Waals surface area contributed by atoms with Gasteiger partial charge < -0.3 is 14.9 Å². The van der Waals surface area contributed by atoms with E-state index in [1.807, 2.05) is 67.7 Å². The molecule has 1 aliphatic carbocycles. The molecule has 1 amide bonds. The van der Waals surface area contributed by atoms with Crippen molar-refractivity contribution in [2.45, 2.75) is 25.8 Å². The van der Waals surface area contributed by atoms with Gasteiger partial charge >= 0.3 is 0 Å².